The Balaban J connectivity index is 2.18. The highest BCUT2D eigenvalue weighted by molar-refractivity contribution is 5.96. The first kappa shape index (κ1) is 14.5. The zero-order valence-electron chi connectivity index (χ0n) is 12.4. The van der Waals surface area contributed by atoms with E-state index in [0.29, 0.717) is 18.4 Å². The predicted molar refractivity (Wildman–Crippen MR) is 78.5 cm³/mol. The highest BCUT2D eigenvalue weighted by Gasteiger charge is 2.35. The summed E-state index contributed by atoms with van der Waals surface area (Å²) < 4.78 is 0. The topological polar surface area (TPSA) is 56.1 Å². The molecule has 1 N–H and O–H groups in total. The minimum atomic E-state index is -0.722. The summed E-state index contributed by atoms with van der Waals surface area (Å²) in [7, 11) is 2.04. The minimum absolute atomic E-state index is 0.141. The number of aryl methyl sites for hydroxylation is 1. The Bertz CT molecular complexity index is 551. The monoisotopic (exact) mass is 271 g/mol. The molecule has 0 bridgehead atoms. The number of carbonyl (C=O) groups excluding carboxylic acids is 1. The number of amides is 1. The van der Waals surface area contributed by atoms with Crippen LogP contribution in [-0.4, -0.2) is 36.5 Å². The molecule has 1 amide bonds. The van der Waals surface area contributed by atoms with Gasteiger partial charge in [0.1, 0.15) is 5.54 Å². The Morgan fingerprint density at radius 2 is 2.00 bits per heavy atom. The van der Waals surface area contributed by atoms with E-state index in [2.05, 4.69) is 16.3 Å². The van der Waals surface area contributed by atoms with E-state index in [1.54, 1.807) is 0 Å². The SMILES string of the molecule is Cc1cccc(C(=O)NC2(C#N)CCN(C)CC2)c1C. The average Bonchev–Trinajstić information content (AvgIpc) is 2.44. The lowest BCUT2D eigenvalue weighted by atomic mass is 9.88. The van der Waals surface area contributed by atoms with Crippen LogP contribution < -0.4 is 5.32 Å². The Kier molecular flexibility index (Phi) is 4.10. The number of rotatable bonds is 2. The number of hydrogen-bond acceptors (Lipinski definition) is 3. The minimum Gasteiger partial charge on any atom is -0.334 e. The van der Waals surface area contributed by atoms with Crippen molar-refractivity contribution in [2.45, 2.75) is 32.2 Å². The predicted octanol–water partition coefficient (Wildman–Crippen LogP) is 2.02. The van der Waals surface area contributed by atoms with Crippen LogP contribution in [0, 0.1) is 25.2 Å². The van der Waals surface area contributed by atoms with Gasteiger partial charge in [-0.15, -0.1) is 0 Å². The number of likely N-dealkylation sites (tertiary alicyclic amines) is 1. The van der Waals surface area contributed by atoms with Crippen LogP contribution in [0.15, 0.2) is 18.2 Å². The first-order chi connectivity index (χ1) is 9.47. The molecule has 1 aromatic carbocycles. The fourth-order valence-electron chi connectivity index (χ4n) is 2.55. The van der Waals surface area contributed by atoms with Crippen LogP contribution in [-0.2, 0) is 0 Å². The van der Waals surface area contributed by atoms with Gasteiger partial charge in [0.25, 0.3) is 5.91 Å². The summed E-state index contributed by atoms with van der Waals surface area (Å²) in [5, 5.41) is 12.4. The summed E-state index contributed by atoms with van der Waals surface area (Å²) in [4.78, 5) is 14.6. The maximum atomic E-state index is 12.5. The van der Waals surface area contributed by atoms with Gasteiger partial charge < -0.3 is 10.2 Å². The van der Waals surface area contributed by atoms with Crippen molar-refractivity contribution < 1.29 is 4.79 Å². The van der Waals surface area contributed by atoms with Crippen molar-refractivity contribution in [3.8, 4) is 6.07 Å². The van der Waals surface area contributed by atoms with Gasteiger partial charge in [-0.2, -0.15) is 5.26 Å². The largest absolute Gasteiger partial charge is 0.334 e. The zero-order valence-corrected chi connectivity index (χ0v) is 12.4. The lowest BCUT2D eigenvalue weighted by molar-refractivity contribution is 0.0881. The van der Waals surface area contributed by atoms with Crippen molar-refractivity contribution in [2.24, 2.45) is 0 Å². The van der Waals surface area contributed by atoms with E-state index in [1.807, 2.05) is 39.1 Å². The molecule has 0 spiro atoms. The average molecular weight is 271 g/mol. The van der Waals surface area contributed by atoms with E-state index in [4.69, 9.17) is 0 Å². The van der Waals surface area contributed by atoms with Crippen LogP contribution >= 0.6 is 0 Å². The summed E-state index contributed by atoms with van der Waals surface area (Å²) in [5.74, 6) is -0.141. The standard InChI is InChI=1S/C16H21N3O/c1-12-5-4-6-14(13(12)2)15(20)18-16(11-17)7-9-19(3)10-8-16/h4-6H,7-10H2,1-3H3,(H,18,20). The highest BCUT2D eigenvalue weighted by atomic mass is 16.1. The van der Waals surface area contributed by atoms with E-state index < -0.39 is 5.54 Å². The third kappa shape index (κ3) is 2.83. The molecule has 0 radical (unpaired) electrons. The molecule has 106 valence electrons. The Labute approximate surface area is 120 Å². The van der Waals surface area contributed by atoms with Crippen LogP contribution in [0.4, 0.5) is 0 Å². The fourth-order valence-corrected chi connectivity index (χ4v) is 2.55. The Morgan fingerprint density at radius 3 is 2.60 bits per heavy atom. The molecule has 4 heteroatoms. The number of nitrogens with one attached hydrogen (secondary N) is 1. The van der Waals surface area contributed by atoms with Crippen molar-refractivity contribution in [1.29, 1.82) is 5.26 Å². The van der Waals surface area contributed by atoms with E-state index in [-0.39, 0.29) is 5.91 Å². The smallest absolute Gasteiger partial charge is 0.252 e. The van der Waals surface area contributed by atoms with Gasteiger partial charge in [-0.3, -0.25) is 4.79 Å². The molecule has 4 nitrogen and oxygen atoms in total. The lowest BCUT2D eigenvalue weighted by Gasteiger charge is -2.36. The maximum Gasteiger partial charge on any atom is 0.252 e. The van der Waals surface area contributed by atoms with Gasteiger partial charge in [0.15, 0.2) is 0 Å². The molecule has 0 atom stereocenters. The molecule has 1 aromatic rings. The van der Waals surface area contributed by atoms with Gasteiger partial charge in [-0.1, -0.05) is 12.1 Å². The van der Waals surface area contributed by atoms with Crippen LogP contribution in [0.5, 0.6) is 0 Å². The third-order valence-electron chi connectivity index (χ3n) is 4.26. The Morgan fingerprint density at radius 1 is 1.35 bits per heavy atom. The molecule has 0 unspecified atom stereocenters. The second-order valence-electron chi connectivity index (χ2n) is 5.70. The van der Waals surface area contributed by atoms with E-state index in [9.17, 15) is 10.1 Å². The first-order valence-electron chi connectivity index (χ1n) is 6.96. The van der Waals surface area contributed by atoms with E-state index >= 15 is 0 Å². The van der Waals surface area contributed by atoms with Gasteiger partial charge in [0.05, 0.1) is 6.07 Å². The van der Waals surface area contributed by atoms with E-state index in [1.165, 1.54) is 0 Å². The van der Waals surface area contributed by atoms with Crippen LogP contribution in [0.2, 0.25) is 0 Å². The normalized spacial score (nSPS) is 18.3. The number of benzene rings is 1. The van der Waals surface area contributed by atoms with Crippen LogP contribution in [0.25, 0.3) is 0 Å². The van der Waals surface area contributed by atoms with Crippen LogP contribution in [0.3, 0.4) is 0 Å². The molecular formula is C16H21N3O. The number of nitriles is 1. The molecule has 1 aliphatic heterocycles. The quantitative estimate of drug-likeness (QED) is 0.895. The first-order valence-corrected chi connectivity index (χ1v) is 6.96. The number of hydrogen-bond donors (Lipinski definition) is 1. The summed E-state index contributed by atoms with van der Waals surface area (Å²) in [6.07, 6.45) is 1.35. The molecular weight excluding hydrogens is 250 g/mol. The molecule has 0 aromatic heterocycles. The van der Waals surface area contributed by atoms with Crippen molar-refractivity contribution in [3.63, 3.8) is 0 Å². The molecule has 1 fully saturated rings. The van der Waals surface area contributed by atoms with Gasteiger partial charge in [-0.05, 0) is 50.9 Å². The molecule has 1 aliphatic rings. The fraction of sp³-hybridized carbons (Fsp3) is 0.500. The van der Waals surface area contributed by atoms with Crippen molar-refractivity contribution >= 4 is 5.91 Å². The lowest BCUT2D eigenvalue weighted by Crippen LogP contribution is -2.53. The molecule has 2 rings (SSSR count). The molecule has 1 heterocycles. The summed E-state index contributed by atoms with van der Waals surface area (Å²) in [6, 6.07) is 8.00. The molecule has 20 heavy (non-hydrogen) atoms. The van der Waals surface area contributed by atoms with Gasteiger partial charge in [0, 0.05) is 18.7 Å². The molecule has 1 saturated heterocycles. The number of carbonyl (C=O) groups is 1. The van der Waals surface area contributed by atoms with Crippen molar-refractivity contribution in [3.05, 3.63) is 34.9 Å². The molecule has 0 aliphatic carbocycles. The maximum absolute atomic E-state index is 12.5. The summed E-state index contributed by atoms with van der Waals surface area (Å²) in [5.41, 5.74) is 2.01. The van der Waals surface area contributed by atoms with Gasteiger partial charge >= 0.3 is 0 Å². The van der Waals surface area contributed by atoms with Crippen molar-refractivity contribution in [1.82, 2.24) is 10.2 Å². The number of piperidine rings is 1. The third-order valence-corrected chi connectivity index (χ3v) is 4.26. The molecule has 0 saturated carbocycles. The second-order valence-corrected chi connectivity index (χ2v) is 5.70. The van der Waals surface area contributed by atoms with Crippen molar-refractivity contribution in [2.75, 3.05) is 20.1 Å². The van der Waals surface area contributed by atoms with Gasteiger partial charge in [0.2, 0.25) is 0 Å². The zero-order chi connectivity index (χ0) is 14.8. The van der Waals surface area contributed by atoms with Crippen LogP contribution in [0.1, 0.15) is 34.3 Å². The highest BCUT2D eigenvalue weighted by Crippen LogP contribution is 2.22. The number of nitrogens with zero attached hydrogens (tertiary/aromatic N) is 2. The van der Waals surface area contributed by atoms with Gasteiger partial charge in [-0.25, -0.2) is 0 Å². The summed E-state index contributed by atoms with van der Waals surface area (Å²) in [6.45, 7) is 5.60. The second kappa shape index (κ2) is 5.64. The van der Waals surface area contributed by atoms with E-state index in [0.717, 1.165) is 24.2 Å². The summed E-state index contributed by atoms with van der Waals surface area (Å²) >= 11 is 0. The Hall–Kier alpha value is -1.86.